The highest BCUT2D eigenvalue weighted by molar-refractivity contribution is 6.32. The lowest BCUT2D eigenvalue weighted by Crippen LogP contribution is -2.45. The van der Waals surface area contributed by atoms with Crippen LogP contribution in [0.3, 0.4) is 0 Å². The Hall–Kier alpha value is -3.95. The van der Waals surface area contributed by atoms with Crippen LogP contribution in [0.2, 0.25) is 5.02 Å². The number of carbonyl (C=O) groups is 1. The van der Waals surface area contributed by atoms with Crippen molar-refractivity contribution in [2.24, 2.45) is 0 Å². The number of halogens is 1. The predicted octanol–water partition coefficient (Wildman–Crippen LogP) is 4.90. The minimum absolute atomic E-state index is 0.0872. The molecule has 1 unspecified atom stereocenters. The van der Waals surface area contributed by atoms with Gasteiger partial charge in [-0.3, -0.25) is 9.78 Å². The summed E-state index contributed by atoms with van der Waals surface area (Å²) in [6.45, 7) is 1.28. The number of hydrogen-bond donors (Lipinski definition) is 2. The first-order valence-corrected chi connectivity index (χ1v) is 13.4. The first-order chi connectivity index (χ1) is 19.0. The Morgan fingerprint density at radius 3 is 2.77 bits per heavy atom. The summed E-state index contributed by atoms with van der Waals surface area (Å²) in [5, 5.41) is 14.8. The molecule has 10 heteroatoms. The Labute approximate surface area is 230 Å². The van der Waals surface area contributed by atoms with Crippen LogP contribution in [0.4, 0.5) is 11.5 Å². The molecule has 1 atom stereocenters. The summed E-state index contributed by atoms with van der Waals surface area (Å²) in [5.74, 6) is 1.56. The summed E-state index contributed by atoms with van der Waals surface area (Å²) >= 11 is 6.52. The van der Waals surface area contributed by atoms with Crippen molar-refractivity contribution < 1.29 is 19.4 Å². The SMILES string of the molecule is O=C(N1CCCC1COc1cccc2ncnc(Nc3ccc(OCc4ccccn4)c(Cl)c3)c12)C1(O)CC1. The zero-order valence-electron chi connectivity index (χ0n) is 21.2. The Balaban J connectivity index is 1.18. The highest BCUT2D eigenvalue weighted by Crippen LogP contribution is 2.39. The number of fused-ring (bicyclic) bond motifs is 1. The summed E-state index contributed by atoms with van der Waals surface area (Å²) in [7, 11) is 0. The summed E-state index contributed by atoms with van der Waals surface area (Å²) in [5.41, 5.74) is 1.08. The van der Waals surface area contributed by atoms with Gasteiger partial charge in [-0.25, -0.2) is 9.97 Å². The lowest BCUT2D eigenvalue weighted by Gasteiger charge is -2.27. The molecule has 0 spiro atoms. The molecule has 0 bridgehead atoms. The molecule has 39 heavy (non-hydrogen) atoms. The number of aromatic nitrogens is 3. The van der Waals surface area contributed by atoms with Gasteiger partial charge in [0.2, 0.25) is 0 Å². The molecule has 4 aromatic rings. The first-order valence-electron chi connectivity index (χ1n) is 13.0. The average molecular weight is 546 g/mol. The number of hydrogen-bond acceptors (Lipinski definition) is 8. The van der Waals surface area contributed by atoms with Crippen LogP contribution in [0.1, 0.15) is 31.4 Å². The molecule has 1 aliphatic heterocycles. The number of nitrogens with one attached hydrogen (secondary N) is 1. The lowest BCUT2D eigenvalue weighted by molar-refractivity contribution is -0.143. The molecule has 2 fully saturated rings. The lowest BCUT2D eigenvalue weighted by atomic mass is 10.2. The van der Waals surface area contributed by atoms with Gasteiger partial charge >= 0.3 is 0 Å². The summed E-state index contributed by atoms with van der Waals surface area (Å²) < 4.78 is 12.1. The number of nitrogens with zero attached hydrogens (tertiary/aromatic N) is 4. The van der Waals surface area contributed by atoms with E-state index in [1.807, 2.05) is 42.5 Å². The van der Waals surface area contributed by atoms with Gasteiger partial charge in [0, 0.05) is 18.4 Å². The van der Waals surface area contributed by atoms with Crippen molar-refractivity contribution in [2.75, 3.05) is 18.5 Å². The molecule has 2 aliphatic rings. The number of aliphatic hydroxyl groups is 1. The molecule has 1 amide bonds. The summed E-state index contributed by atoms with van der Waals surface area (Å²) in [4.78, 5) is 27.7. The largest absolute Gasteiger partial charge is 0.491 e. The predicted molar refractivity (Wildman–Crippen MR) is 147 cm³/mol. The maximum Gasteiger partial charge on any atom is 0.254 e. The molecule has 2 aromatic carbocycles. The van der Waals surface area contributed by atoms with E-state index in [4.69, 9.17) is 21.1 Å². The molecule has 200 valence electrons. The Kier molecular flexibility index (Phi) is 6.93. The second-order valence-corrected chi connectivity index (χ2v) is 10.3. The maximum atomic E-state index is 12.8. The van der Waals surface area contributed by atoms with Crippen LogP contribution in [0, 0.1) is 0 Å². The van der Waals surface area contributed by atoms with Gasteiger partial charge in [-0.2, -0.15) is 0 Å². The highest BCUT2D eigenvalue weighted by atomic mass is 35.5. The fourth-order valence-electron chi connectivity index (χ4n) is 4.82. The third-order valence-electron chi connectivity index (χ3n) is 7.11. The van der Waals surface area contributed by atoms with E-state index in [9.17, 15) is 9.90 Å². The standard InChI is InChI=1S/C29H28ClN5O4/c30-22-15-19(9-10-24(22)38-16-20-5-1-2-13-31-20)34-27-26-23(32-18-33-27)7-3-8-25(26)39-17-21-6-4-14-35(21)28(36)29(37)11-12-29/h1-3,5,7-10,13,15,18,21,37H,4,6,11-12,14,16-17H2,(H,32,33,34). The normalized spacial score (nSPS) is 17.7. The number of carbonyl (C=O) groups excluding carboxylic acids is 1. The third-order valence-corrected chi connectivity index (χ3v) is 7.41. The van der Waals surface area contributed by atoms with Crippen LogP contribution in [0.25, 0.3) is 10.9 Å². The zero-order chi connectivity index (χ0) is 26.8. The molecule has 1 saturated carbocycles. The van der Waals surface area contributed by atoms with E-state index < -0.39 is 5.60 Å². The van der Waals surface area contributed by atoms with E-state index >= 15 is 0 Å². The maximum absolute atomic E-state index is 12.8. The molecule has 3 heterocycles. The second-order valence-electron chi connectivity index (χ2n) is 9.89. The van der Waals surface area contributed by atoms with Crippen molar-refractivity contribution in [2.45, 2.75) is 43.9 Å². The van der Waals surface area contributed by atoms with E-state index in [1.165, 1.54) is 6.33 Å². The van der Waals surface area contributed by atoms with E-state index in [1.54, 1.807) is 23.2 Å². The third kappa shape index (κ3) is 5.46. The summed E-state index contributed by atoms with van der Waals surface area (Å²) in [6, 6.07) is 16.6. The smallest absolute Gasteiger partial charge is 0.254 e. The Bertz CT molecular complexity index is 1490. The van der Waals surface area contributed by atoms with Gasteiger partial charge in [-0.15, -0.1) is 0 Å². The number of rotatable bonds is 9. The first kappa shape index (κ1) is 25.3. The molecule has 2 aromatic heterocycles. The topological polar surface area (TPSA) is 110 Å². The van der Waals surface area contributed by atoms with Crippen LogP contribution in [0.5, 0.6) is 11.5 Å². The molecule has 9 nitrogen and oxygen atoms in total. The number of likely N-dealkylation sites (tertiary alicyclic amines) is 1. The molecular weight excluding hydrogens is 518 g/mol. The van der Waals surface area contributed by atoms with Crippen molar-refractivity contribution in [3.63, 3.8) is 0 Å². The molecule has 1 aliphatic carbocycles. The monoisotopic (exact) mass is 545 g/mol. The van der Waals surface area contributed by atoms with E-state index in [-0.39, 0.29) is 11.9 Å². The van der Waals surface area contributed by atoms with Gasteiger partial charge in [0.1, 0.15) is 42.5 Å². The van der Waals surface area contributed by atoms with Gasteiger partial charge in [-0.05, 0) is 68.1 Å². The van der Waals surface area contributed by atoms with E-state index in [0.717, 1.165) is 35.1 Å². The fourth-order valence-corrected chi connectivity index (χ4v) is 5.06. The van der Waals surface area contributed by atoms with Crippen molar-refractivity contribution in [1.82, 2.24) is 19.9 Å². The molecular formula is C29H28ClN5O4. The van der Waals surface area contributed by atoms with Crippen LogP contribution < -0.4 is 14.8 Å². The van der Waals surface area contributed by atoms with Crippen molar-refractivity contribution in [1.29, 1.82) is 0 Å². The minimum atomic E-state index is -1.17. The van der Waals surface area contributed by atoms with Gasteiger partial charge in [0.15, 0.2) is 0 Å². The summed E-state index contributed by atoms with van der Waals surface area (Å²) in [6.07, 6.45) is 6.01. The number of pyridine rings is 1. The molecule has 6 rings (SSSR count). The van der Waals surface area contributed by atoms with Crippen LogP contribution in [0.15, 0.2) is 67.1 Å². The highest BCUT2D eigenvalue weighted by Gasteiger charge is 2.52. The quantitative estimate of drug-likeness (QED) is 0.306. The minimum Gasteiger partial charge on any atom is -0.491 e. The van der Waals surface area contributed by atoms with Crippen molar-refractivity contribution in [3.8, 4) is 11.5 Å². The number of benzene rings is 2. The van der Waals surface area contributed by atoms with Crippen LogP contribution in [-0.2, 0) is 11.4 Å². The number of ether oxygens (including phenoxy) is 2. The molecule has 1 saturated heterocycles. The van der Waals surface area contributed by atoms with Gasteiger partial charge in [0.25, 0.3) is 5.91 Å². The second kappa shape index (κ2) is 10.7. The van der Waals surface area contributed by atoms with Crippen molar-refractivity contribution >= 4 is 39.9 Å². The van der Waals surface area contributed by atoms with E-state index in [2.05, 4.69) is 20.3 Å². The number of anilines is 2. The van der Waals surface area contributed by atoms with Crippen LogP contribution >= 0.6 is 11.6 Å². The van der Waals surface area contributed by atoms with Gasteiger partial charge < -0.3 is 24.8 Å². The van der Waals surface area contributed by atoms with Crippen LogP contribution in [-0.4, -0.2) is 55.7 Å². The van der Waals surface area contributed by atoms with Gasteiger partial charge in [0.05, 0.1) is 27.7 Å². The van der Waals surface area contributed by atoms with E-state index in [0.29, 0.717) is 54.9 Å². The zero-order valence-corrected chi connectivity index (χ0v) is 22.0. The molecule has 0 radical (unpaired) electrons. The Morgan fingerprint density at radius 1 is 1.08 bits per heavy atom. The Morgan fingerprint density at radius 2 is 1.97 bits per heavy atom. The van der Waals surface area contributed by atoms with Gasteiger partial charge in [-0.1, -0.05) is 23.7 Å². The molecule has 2 N–H and O–H groups in total. The number of amides is 1. The average Bonchev–Trinajstić information content (AvgIpc) is 3.54. The fraction of sp³-hybridized carbons (Fsp3) is 0.310. The van der Waals surface area contributed by atoms with Crippen molar-refractivity contribution in [3.05, 3.63) is 77.8 Å².